The molecule has 1 heterocycles. The van der Waals surface area contributed by atoms with Crippen LogP contribution in [0.2, 0.25) is 0 Å². The van der Waals surface area contributed by atoms with Gasteiger partial charge >= 0.3 is 5.97 Å². The minimum Gasteiger partial charge on any atom is -0.465 e. The lowest BCUT2D eigenvalue weighted by Gasteiger charge is -2.21. The van der Waals surface area contributed by atoms with Crippen molar-refractivity contribution in [2.75, 3.05) is 24.3 Å². The van der Waals surface area contributed by atoms with Gasteiger partial charge in [0.1, 0.15) is 16.3 Å². The van der Waals surface area contributed by atoms with Crippen LogP contribution in [0.1, 0.15) is 22.5 Å². The quantitative estimate of drug-likeness (QED) is 0.469. The molecule has 1 aromatic carbocycles. The molecule has 6 nitrogen and oxygen atoms in total. The molecule has 1 saturated carbocycles. The normalized spacial score (nSPS) is 24.0. The van der Waals surface area contributed by atoms with E-state index >= 15 is 0 Å². The summed E-state index contributed by atoms with van der Waals surface area (Å²) in [5.41, 5.74) is -0.0331. The highest BCUT2D eigenvalue weighted by Gasteiger charge is 2.35. The number of hydrogen-bond donors (Lipinski definition) is 2. The second-order valence-corrected chi connectivity index (χ2v) is 7.53. The monoisotopic (exact) mass is 358 g/mol. The Kier molecular flexibility index (Phi) is 3.95. The fourth-order valence-electron chi connectivity index (χ4n) is 3.84. The zero-order chi connectivity index (χ0) is 17.6. The fraction of sp³-hybridized carbons (Fsp3) is 0.389. The summed E-state index contributed by atoms with van der Waals surface area (Å²) in [6.07, 6.45) is 6.86. The van der Waals surface area contributed by atoms with Crippen molar-refractivity contribution in [3.63, 3.8) is 0 Å². The first kappa shape index (κ1) is 16.1. The molecule has 0 radical (unpaired) electrons. The third kappa shape index (κ3) is 2.68. The number of rotatable bonds is 6. The van der Waals surface area contributed by atoms with Gasteiger partial charge in [-0.1, -0.05) is 12.2 Å². The van der Waals surface area contributed by atoms with Crippen molar-refractivity contribution in [2.45, 2.75) is 12.8 Å². The van der Waals surface area contributed by atoms with E-state index in [1.165, 1.54) is 24.9 Å². The average Bonchev–Trinajstić information content (AvgIpc) is 3.36. The molecular weight excluding hydrogens is 340 g/mol. The Bertz CT molecular complexity index is 922. The van der Waals surface area contributed by atoms with Crippen molar-refractivity contribution in [3.05, 3.63) is 48.9 Å². The van der Waals surface area contributed by atoms with E-state index in [4.69, 9.17) is 4.74 Å². The van der Waals surface area contributed by atoms with E-state index in [2.05, 4.69) is 22.8 Å². The van der Waals surface area contributed by atoms with E-state index in [1.54, 1.807) is 11.4 Å². The molecule has 2 bridgehead atoms. The molecule has 25 heavy (non-hydrogen) atoms. The van der Waals surface area contributed by atoms with Crippen LogP contribution in [0, 0.1) is 17.8 Å². The Morgan fingerprint density at radius 2 is 2.04 bits per heavy atom. The van der Waals surface area contributed by atoms with E-state index in [0.717, 1.165) is 6.42 Å². The summed E-state index contributed by atoms with van der Waals surface area (Å²) in [5.74, 6) is 1.26. The Morgan fingerprint density at radius 3 is 2.72 bits per heavy atom. The minimum absolute atomic E-state index is 0.229. The highest BCUT2D eigenvalue weighted by Crippen LogP contribution is 2.43. The van der Waals surface area contributed by atoms with Crippen LogP contribution in [-0.4, -0.2) is 19.6 Å². The third-order valence-corrected chi connectivity index (χ3v) is 6.06. The molecule has 0 aliphatic heterocycles. The molecule has 7 heteroatoms. The predicted octanol–water partition coefficient (Wildman–Crippen LogP) is 2.50. The van der Waals surface area contributed by atoms with Crippen LogP contribution in [0.15, 0.2) is 33.2 Å². The molecule has 2 N–H and O–H groups in total. The second kappa shape index (κ2) is 6.15. The Labute approximate surface area is 148 Å². The zero-order valence-electron chi connectivity index (χ0n) is 13.7. The molecule has 3 atom stereocenters. The molecule has 0 amide bonds. The lowest BCUT2D eigenvalue weighted by atomic mass is 9.93. The van der Waals surface area contributed by atoms with Crippen molar-refractivity contribution < 1.29 is 9.53 Å². The van der Waals surface area contributed by atoms with Crippen molar-refractivity contribution in [1.82, 2.24) is 0 Å². The van der Waals surface area contributed by atoms with Gasteiger partial charge in [0, 0.05) is 6.54 Å². The lowest BCUT2D eigenvalue weighted by Crippen LogP contribution is -2.38. The van der Waals surface area contributed by atoms with Crippen LogP contribution in [0.25, 0.3) is 0 Å². The number of methoxy groups -OCH3 is 1. The zero-order valence-corrected chi connectivity index (χ0v) is 14.5. The number of ether oxygens (including phenoxy) is 1. The molecule has 0 unspecified atom stereocenters. The van der Waals surface area contributed by atoms with Crippen molar-refractivity contribution >= 4 is 34.4 Å². The van der Waals surface area contributed by atoms with Crippen LogP contribution in [0.4, 0.5) is 17.1 Å². The van der Waals surface area contributed by atoms with Gasteiger partial charge in [0.2, 0.25) is 0 Å². The Balaban J connectivity index is 1.48. The van der Waals surface area contributed by atoms with E-state index in [0.29, 0.717) is 40.6 Å². The lowest BCUT2D eigenvalue weighted by molar-refractivity contribution is 0.0607. The summed E-state index contributed by atoms with van der Waals surface area (Å²) in [6, 6.07) is 1.69. The standard InChI is InChI=1S/C18H18N2O4S/c1-24-18(23)17-12(4-5-25-17)20-14-13(15(21)16(14)22)19-8-11-7-9-2-3-10(11)6-9/h2-5,9-11,19-20H,6-8H2,1H3/t9-,10+,11+/m1/s1. The topological polar surface area (TPSA) is 84.5 Å². The number of nitrogens with one attached hydrogen (secondary N) is 2. The number of allylic oxidation sites excluding steroid dienone is 2. The third-order valence-electron chi connectivity index (χ3n) is 5.16. The summed E-state index contributed by atoms with van der Waals surface area (Å²) in [6.45, 7) is 0.679. The van der Waals surface area contributed by atoms with Crippen molar-refractivity contribution in [2.24, 2.45) is 17.8 Å². The highest BCUT2D eigenvalue weighted by molar-refractivity contribution is 7.12. The van der Waals surface area contributed by atoms with Crippen LogP contribution in [0.5, 0.6) is 0 Å². The maximum absolute atomic E-state index is 11.9. The number of carbonyl (C=O) groups is 1. The van der Waals surface area contributed by atoms with Crippen LogP contribution >= 0.6 is 11.3 Å². The molecule has 2 aromatic rings. The van der Waals surface area contributed by atoms with Gasteiger partial charge in [-0.3, -0.25) is 9.59 Å². The van der Waals surface area contributed by atoms with E-state index in [9.17, 15) is 14.4 Å². The van der Waals surface area contributed by atoms with E-state index < -0.39 is 16.8 Å². The van der Waals surface area contributed by atoms with Crippen molar-refractivity contribution in [1.29, 1.82) is 0 Å². The number of hydrogen-bond acceptors (Lipinski definition) is 7. The van der Waals surface area contributed by atoms with Gasteiger partial charge in [0.25, 0.3) is 10.9 Å². The van der Waals surface area contributed by atoms with E-state index in [1.807, 2.05) is 0 Å². The van der Waals surface area contributed by atoms with Gasteiger partial charge in [-0.2, -0.15) is 0 Å². The molecule has 0 spiro atoms. The summed E-state index contributed by atoms with van der Waals surface area (Å²) < 4.78 is 4.73. The molecule has 2 aliphatic rings. The first-order valence-corrected chi connectivity index (χ1v) is 9.14. The van der Waals surface area contributed by atoms with E-state index in [-0.39, 0.29) is 5.69 Å². The summed E-state index contributed by atoms with van der Waals surface area (Å²) in [5, 5.41) is 7.81. The predicted molar refractivity (Wildman–Crippen MR) is 97.6 cm³/mol. The van der Waals surface area contributed by atoms with Gasteiger partial charge in [0.05, 0.1) is 12.8 Å². The summed E-state index contributed by atoms with van der Waals surface area (Å²) in [7, 11) is 1.31. The highest BCUT2D eigenvalue weighted by atomic mass is 32.1. The molecule has 1 aromatic heterocycles. The average molecular weight is 358 g/mol. The molecular formula is C18H18N2O4S. The van der Waals surface area contributed by atoms with Crippen molar-refractivity contribution in [3.8, 4) is 0 Å². The largest absolute Gasteiger partial charge is 0.465 e. The van der Waals surface area contributed by atoms with Crippen LogP contribution in [-0.2, 0) is 4.74 Å². The SMILES string of the molecule is COC(=O)c1sccc1Nc1c(NC[C@@H]2C[C@@H]3C=C[C@H]2C3)c(=O)c1=O. The summed E-state index contributed by atoms with van der Waals surface area (Å²) >= 11 is 1.22. The Morgan fingerprint density at radius 1 is 1.24 bits per heavy atom. The first-order chi connectivity index (χ1) is 12.1. The maximum Gasteiger partial charge on any atom is 0.350 e. The summed E-state index contributed by atoms with van der Waals surface area (Å²) in [4.78, 5) is 36.0. The number of esters is 1. The number of carbonyl (C=O) groups excluding carboxylic acids is 1. The second-order valence-electron chi connectivity index (χ2n) is 6.61. The smallest absolute Gasteiger partial charge is 0.350 e. The van der Waals surface area contributed by atoms with Gasteiger partial charge in [0.15, 0.2) is 0 Å². The van der Waals surface area contributed by atoms with Gasteiger partial charge in [-0.05, 0) is 42.0 Å². The van der Waals surface area contributed by atoms with Gasteiger partial charge < -0.3 is 15.4 Å². The molecule has 130 valence electrons. The molecule has 2 aliphatic carbocycles. The van der Waals surface area contributed by atoms with Crippen LogP contribution < -0.4 is 21.5 Å². The fourth-order valence-corrected chi connectivity index (χ4v) is 4.60. The molecule has 4 rings (SSSR count). The van der Waals surface area contributed by atoms with Gasteiger partial charge in [-0.25, -0.2) is 4.79 Å². The number of fused-ring (bicyclic) bond motifs is 2. The van der Waals surface area contributed by atoms with Crippen LogP contribution in [0.3, 0.4) is 0 Å². The maximum atomic E-state index is 11.9. The molecule has 0 saturated heterocycles. The number of anilines is 3. The minimum atomic E-state index is -0.558. The molecule has 1 fully saturated rings. The van der Waals surface area contributed by atoms with Gasteiger partial charge in [-0.15, -0.1) is 11.3 Å². The Hall–Kier alpha value is -2.41. The first-order valence-electron chi connectivity index (χ1n) is 8.26. The number of thiophene rings is 1.